The molecule has 5 nitrogen and oxygen atoms in total. The third kappa shape index (κ3) is 5.19. The molecular formula is C26H28N2O3S. The second kappa shape index (κ2) is 10.0. The van der Waals surface area contributed by atoms with Crippen molar-refractivity contribution in [1.29, 1.82) is 0 Å². The first-order valence-electron chi connectivity index (χ1n) is 11.1. The maximum absolute atomic E-state index is 13.3. The normalized spacial score (nSPS) is 15.0. The summed E-state index contributed by atoms with van der Waals surface area (Å²) in [6.07, 6.45) is 3.12. The van der Waals surface area contributed by atoms with E-state index in [0.29, 0.717) is 28.8 Å². The summed E-state index contributed by atoms with van der Waals surface area (Å²) in [6.45, 7) is 4.76. The summed E-state index contributed by atoms with van der Waals surface area (Å²) in [4.78, 5) is 27.3. The molecule has 0 spiro atoms. The molecule has 32 heavy (non-hydrogen) atoms. The maximum Gasteiger partial charge on any atom is 0.258 e. The van der Waals surface area contributed by atoms with Gasteiger partial charge in [-0.25, -0.2) is 0 Å². The van der Waals surface area contributed by atoms with Crippen LogP contribution >= 0.6 is 11.3 Å². The number of nitrogens with one attached hydrogen (secondary N) is 2. The fourth-order valence-corrected chi connectivity index (χ4v) is 5.45. The van der Waals surface area contributed by atoms with Crippen molar-refractivity contribution in [3.8, 4) is 5.75 Å². The van der Waals surface area contributed by atoms with Crippen LogP contribution in [0.2, 0.25) is 0 Å². The number of anilines is 2. The van der Waals surface area contributed by atoms with E-state index >= 15 is 0 Å². The van der Waals surface area contributed by atoms with Gasteiger partial charge in [0.1, 0.15) is 10.8 Å². The van der Waals surface area contributed by atoms with Crippen molar-refractivity contribution in [3.63, 3.8) is 0 Å². The Labute approximate surface area is 192 Å². The summed E-state index contributed by atoms with van der Waals surface area (Å²) in [7, 11) is 0. The van der Waals surface area contributed by atoms with Crippen LogP contribution in [0.15, 0.2) is 54.6 Å². The zero-order valence-corrected chi connectivity index (χ0v) is 19.3. The van der Waals surface area contributed by atoms with Crippen LogP contribution < -0.4 is 15.4 Å². The molecule has 1 atom stereocenters. The molecule has 0 radical (unpaired) electrons. The zero-order valence-electron chi connectivity index (χ0n) is 18.4. The van der Waals surface area contributed by atoms with Crippen LogP contribution in [0.4, 0.5) is 10.7 Å². The van der Waals surface area contributed by atoms with E-state index in [4.69, 9.17) is 4.74 Å². The smallest absolute Gasteiger partial charge is 0.258 e. The Hall–Kier alpha value is -3.12. The average Bonchev–Trinajstić information content (AvgIpc) is 3.12. The topological polar surface area (TPSA) is 67.4 Å². The number of benzene rings is 2. The lowest BCUT2D eigenvalue weighted by molar-refractivity contribution is -0.115. The van der Waals surface area contributed by atoms with Crippen LogP contribution in [-0.2, 0) is 24.1 Å². The highest BCUT2D eigenvalue weighted by atomic mass is 32.1. The number of fused-ring (bicyclic) bond motifs is 1. The van der Waals surface area contributed by atoms with E-state index < -0.39 is 0 Å². The summed E-state index contributed by atoms with van der Waals surface area (Å²) in [5.41, 5.74) is 3.32. The summed E-state index contributed by atoms with van der Waals surface area (Å²) < 4.78 is 5.48. The molecule has 1 aromatic heterocycles. The van der Waals surface area contributed by atoms with Crippen LogP contribution in [0.1, 0.15) is 46.6 Å². The van der Waals surface area contributed by atoms with E-state index in [1.807, 2.05) is 61.5 Å². The number of rotatable bonds is 7. The molecule has 1 aliphatic rings. The molecule has 0 fully saturated rings. The molecule has 1 heterocycles. The summed E-state index contributed by atoms with van der Waals surface area (Å²) >= 11 is 1.54. The van der Waals surface area contributed by atoms with Crippen molar-refractivity contribution in [2.45, 2.75) is 39.5 Å². The number of hydrogen-bond acceptors (Lipinski definition) is 4. The molecule has 0 saturated carbocycles. The molecule has 6 heteroatoms. The molecule has 0 bridgehead atoms. The largest absolute Gasteiger partial charge is 0.494 e. The highest BCUT2D eigenvalue weighted by Gasteiger charge is 2.28. The molecule has 2 amide bonds. The molecule has 0 aliphatic heterocycles. The quantitative estimate of drug-likeness (QED) is 0.487. The lowest BCUT2D eigenvalue weighted by Crippen LogP contribution is -2.20. The van der Waals surface area contributed by atoms with Gasteiger partial charge in [0.25, 0.3) is 5.91 Å². The van der Waals surface area contributed by atoms with Crippen molar-refractivity contribution < 1.29 is 14.3 Å². The Balaban J connectivity index is 1.56. The second-order valence-corrected chi connectivity index (χ2v) is 9.28. The predicted molar refractivity (Wildman–Crippen MR) is 130 cm³/mol. The van der Waals surface area contributed by atoms with Gasteiger partial charge in [-0.1, -0.05) is 37.3 Å². The van der Waals surface area contributed by atoms with Gasteiger partial charge in [-0.05, 0) is 67.5 Å². The highest BCUT2D eigenvalue weighted by Crippen LogP contribution is 2.40. The SMILES string of the molecule is CCOc1ccc(NC(=O)c2c(NC(=O)Cc3ccccc3)sc3c2CC[C@H](C)C3)cc1. The first-order chi connectivity index (χ1) is 15.5. The first-order valence-corrected chi connectivity index (χ1v) is 11.9. The summed E-state index contributed by atoms with van der Waals surface area (Å²) in [5.74, 6) is 1.05. The van der Waals surface area contributed by atoms with Crippen molar-refractivity contribution in [1.82, 2.24) is 0 Å². The van der Waals surface area contributed by atoms with Gasteiger partial charge in [0, 0.05) is 10.6 Å². The minimum atomic E-state index is -0.184. The third-order valence-corrected chi connectivity index (χ3v) is 6.79. The summed E-state index contributed by atoms with van der Waals surface area (Å²) in [5, 5.41) is 6.67. The van der Waals surface area contributed by atoms with Gasteiger partial charge in [-0.15, -0.1) is 11.3 Å². The highest BCUT2D eigenvalue weighted by molar-refractivity contribution is 7.17. The lowest BCUT2D eigenvalue weighted by Gasteiger charge is -2.18. The van der Waals surface area contributed by atoms with E-state index in [0.717, 1.165) is 36.1 Å². The molecule has 1 aliphatic carbocycles. The minimum Gasteiger partial charge on any atom is -0.494 e. The minimum absolute atomic E-state index is 0.113. The van der Waals surface area contributed by atoms with Crippen molar-refractivity contribution in [3.05, 3.63) is 76.2 Å². The number of carbonyl (C=O) groups is 2. The Bertz CT molecular complexity index is 1090. The molecule has 166 valence electrons. The number of hydrogen-bond donors (Lipinski definition) is 2. The number of thiophene rings is 1. The second-order valence-electron chi connectivity index (χ2n) is 8.18. The Morgan fingerprint density at radius 1 is 1.06 bits per heavy atom. The summed E-state index contributed by atoms with van der Waals surface area (Å²) in [6, 6.07) is 17.0. The van der Waals surface area contributed by atoms with Crippen molar-refractivity contribution in [2.24, 2.45) is 5.92 Å². The van der Waals surface area contributed by atoms with Crippen LogP contribution in [0.25, 0.3) is 0 Å². The molecule has 2 N–H and O–H groups in total. The Morgan fingerprint density at radius 3 is 2.53 bits per heavy atom. The number of ether oxygens (including phenoxy) is 1. The Morgan fingerprint density at radius 2 is 1.81 bits per heavy atom. The fourth-order valence-electron chi connectivity index (χ4n) is 4.03. The van der Waals surface area contributed by atoms with E-state index in [-0.39, 0.29) is 18.2 Å². The monoisotopic (exact) mass is 448 g/mol. The van der Waals surface area contributed by atoms with Crippen LogP contribution in [-0.4, -0.2) is 18.4 Å². The van der Waals surface area contributed by atoms with Gasteiger partial charge in [-0.3, -0.25) is 9.59 Å². The van der Waals surface area contributed by atoms with E-state index in [9.17, 15) is 9.59 Å². The fraction of sp³-hybridized carbons (Fsp3) is 0.308. The molecule has 4 rings (SSSR count). The van der Waals surface area contributed by atoms with Gasteiger partial charge in [-0.2, -0.15) is 0 Å². The van der Waals surface area contributed by atoms with E-state index in [2.05, 4.69) is 17.6 Å². The van der Waals surface area contributed by atoms with E-state index in [1.54, 1.807) is 0 Å². The third-order valence-electron chi connectivity index (χ3n) is 5.62. The van der Waals surface area contributed by atoms with Gasteiger partial charge >= 0.3 is 0 Å². The van der Waals surface area contributed by atoms with Crippen molar-refractivity contribution >= 4 is 33.8 Å². The van der Waals surface area contributed by atoms with Gasteiger partial charge in [0.2, 0.25) is 5.91 Å². The van der Waals surface area contributed by atoms with Crippen LogP contribution in [0.5, 0.6) is 5.75 Å². The lowest BCUT2D eigenvalue weighted by atomic mass is 9.88. The number of amides is 2. The Kier molecular flexibility index (Phi) is 6.90. The predicted octanol–water partition coefficient (Wildman–Crippen LogP) is 5.71. The molecular weight excluding hydrogens is 420 g/mol. The van der Waals surface area contributed by atoms with Crippen molar-refractivity contribution in [2.75, 3.05) is 17.2 Å². The zero-order chi connectivity index (χ0) is 22.5. The van der Waals surface area contributed by atoms with Gasteiger partial charge in [0.15, 0.2) is 0 Å². The molecule has 0 saturated heterocycles. The first kappa shape index (κ1) is 22.1. The molecule has 2 aromatic carbocycles. The molecule has 0 unspecified atom stereocenters. The van der Waals surface area contributed by atoms with Crippen LogP contribution in [0.3, 0.4) is 0 Å². The maximum atomic E-state index is 13.3. The number of carbonyl (C=O) groups excluding carboxylic acids is 2. The van der Waals surface area contributed by atoms with Crippen LogP contribution in [0, 0.1) is 5.92 Å². The average molecular weight is 449 g/mol. The van der Waals surface area contributed by atoms with Gasteiger partial charge < -0.3 is 15.4 Å². The van der Waals surface area contributed by atoms with Gasteiger partial charge in [0.05, 0.1) is 18.6 Å². The molecule has 3 aromatic rings. The standard InChI is InChI=1S/C26H28N2O3S/c1-3-31-20-12-10-19(11-13-20)27-25(30)24-21-14-9-17(2)15-22(21)32-26(24)28-23(29)16-18-7-5-4-6-8-18/h4-8,10-13,17H,3,9,14-16H2,1-2H3,(H,27,30)(H,28,29)/t17-/m0/s1. The van der Waals surface area contributed by atoms with E-state index in [1.165, 1.54) is 16.2 Å².